The third-order valence-electron chi connectivity index (χ3n) is 10.8. The average Bonchev–Trinajstić information content (AvgIpc) is 3.51. The van der Waals surface area contributed by atoms with Crippen molar-refractivity contribution in [3.05, 3.63) is 222 Å². The summed E-state index contributed by atoms with van der Waals surface area (Å²) < 4.78 is 22.0. The lowest BCUT2D eigenvalue weighted by Gasteiger charge is -2.36. The molecule has 10 rings (SSSR count). The monoisotopic (exact) mass is 683 g/mol. The van der Waals surface area contributed by atoms with E-state index in [1.54, 1.807) is 6.07 Å². The molecule has 8 aromatic rings. The maximum Gasteiger partial charge on any atom is 0.151 e. The Labute approximate surface area is 309 Å². The molecule has 0 saturated carbocycles. The van der Waals surface area contributed by atoms with Crippen molar-refractivity contribution in [3.63, 3.8) is 0 Å². The minimum Gasteiger partial charge on any atom is -0.453 e. The van der Waals surface area contributed by atoms with E-state index in [4.69, 9.17) is 4.74 Å². The van der Waals surface area contributed by atoms with Crippen molar-refractivity contribution in [2.75, 3.05) is 4.90 Å². The van der Waals surface area contributed by atoms with E-state index in [1.165, 1.54) is 11.6 Å². The zero-order chi connectivity index (χ0) is 35.5. The summed E-state index contributed by atoms with van der Waals surface area (Å²) in [5.74, 6) is 1.33. The van der Waals surface area contributed by atoms with Crippen LogP contribution < -0.4 is 9.64 Å². The fourth-order valence-corrected chi connectivity index (χ4v) is 8.61. The minimum absolute atomic E-state index is 0.261. The summed E-state index contributed by atoms with van der Waals surface area (Å²) in [6.07, 6.45) is 0. The van der Waals surface area contributed by atoms with Gasteiger partial charge in [0, 0.05) is 5.69 Å². The second-order valence-corrected chi connectivity index (χ2v) is 13.9. The number of halogens is 1. The molecule has 0 spiro atoms. The van der Waals surface area contributed by atoms with E-state index < -0.39 is 5.41 Å². The molecule has 0 radical (unpaired) electrons. The lowest BCUT2D eigenvalue weighted by Crippen LogP contribution is -2.29. The van der Waals surface area contributed by atoms with Crippen molar-refractivity contribution < 1.29 is 9.13 Å². The molecule has 8 aromatic carbocycles. The highest BCUT2D eigenvalue weighted by atomic mass is 19.1. The van der Waals surface area contributed by atoms with Crippen molar-refractivity contribution >= 4 is 17.1 Å². The fourth-order valence-electron chi connectivity index (χ4n) is 8.61. The molecule has 1 heterocycles. The van der Waals surface area contributed by atoms with Crippen LogP contribution in [0.25, 0.3) is 33.4 Å². The first-order valence-electron chi connectivity index (χ1n) is 18.0. The van der Waals surface area contributed by atoms with Crippen molar-refractivity contribution in [2.45, 2.75) is 12.3 Å². The largest absolute Gasteiger partial charge is 0.453 e. The van der Waals surface area contributed by atoms with Crippen molar-refractivity contribution in [1.29, 1.82) is 0 Å². The first kappa shape index (κ1) is 31.1. The van der Waals surface area contributed by atoms with Gasteiger partial charge in [-0.15, -0.1) is 0 Å². The molecule has 1 aliphatic carbocycles. The number of benzene rings is 8. The van der Waals surface area contributed by atoms with Crippen LogP contribution in [0.5, 0.6) is 11.5 Å². The number of aryl methyl sites for hydroxylation is 1. The van der Waals surface area contributed by atoms with Crippen LogP contribution in [0.15, 0.2) is 188 Å². The second-order valence-electron chi connectivity index (χ2n) is 13.9. The van der Waals surface area contributed by atoms with Gasteiger partial charge in [-0.05, 0) is 117 Å². The summed E-state index contributed by atoms with van der Waals surface area (Å²) >= 11 is 0. The van der Waals surface area contributed by atoms with Gasteiger partial charge in [0.05, 0.1) is 16.8 Å². The van der Waals surface area contributed by atoms with E-state index in [0.717, 1.165) is 84.2 Å². The number of ether oxygens (including phenoxy) is 1. The van der Waals surface area contributed by atoms with E-state index in [2.05, 4.69) is 139 Å². The van der Waals surface area contributed by atoms with E-state index >= 15 is 4.39 Å². The number of hydrogen-bond donors (Lipinski definition) is 0. The zero-order valence-corrected chi connectivity index (χ0v) is 29.1. The van der Waals surface area contributed by atoms with Crippen LogP contribution in [-0.2, 0) is 5.41 Å². The molecule has 0 fully saturated rings. The van der Waals surface area contributed by atoms with Crippen LogP contribution >= 0.6 is 0 Å². The van der Waals surface area contributed by atoms with Gasteiger partial charge < -0.3 is 9.64 Å². The van der Waals surface area contributed by atoms with Gasteiger partial charge >= 0.3 is 0 Å². The predicted molar refractivity (Wildman–Crippen MR) is 214 cm³/mol. The SMILES string of the molecule is Cc1cccc(C2(c3cccc(F)c3)c3cc(N4c5ccccc5Oc5ccccc54)ccc3-c3c(-c4cccc(-c5ccccc5)c4)cccc32)c1. The third-order valence-corrected chi connectivity index (χ3v) is 10.8. The van der Waals surface area contributed by atoms with Gasteiger partial charge in [-0.1, -0.05) is 139 Å². The van der Waals surface area contributed by atoms with Crippen LogP contribution in [0.1, 0.15) is 27.8 Å². The lowest BCUT2D eigenvalue weighted by molar-refractivity contribution is 0.477. The first-order valence-corrected chi connectivity index (χ1v) is 18.0. The molecule has 2 aliphatic rings. The number of nitrogens with zero attached hydrogens (tertiary/aromatic N) is 1. The molecular weight excluding hydrogens is 650 g/mol. The lowest BCUT2D eigenvalue weighted by atomic mass is 9.67. The van der Waals surface area contributed by atoms with Gasteiger partial charge in [0.15, 0.2) is 11.5 Å². The van der Waals surface area contributed by atoms with Gasteiger partial charge in [-0.2, -0.15) is 0 Å². The van der Waals surface area contributed by atoms with Gasteiger partial charge in [-0.3, -0.25) is 0 Å². The van der Waals surface area contributed by atoms with Gasteiger partial charge in [0.1, 0.15) is 5.82 Å². The van der Waals surface area contributed by atoms with Gasteiger partial charge in [0.25, 0.3) is 0 Å². The van der Waals surface area contributed by atoms with Crippen LogP contribution in [-0.4, -0.2) is 0 Å². The van der Waals surface area contributed by atoms with E-state index in [-0.39, 0.29) is 5.82 Å². The number of hydrogen-bond acceptors (Lipinski definition) is 2. The highest BCUT2D eigenvalue weighted by molar-refractivity contribution is 5.98. The Kier molecular flexibility index (Phi) is 7.16. The normalized spacial score (nSPS) is 15.2. The molecule has 3 heteroatoms. The van der Waals surface area contributed by atoms with Crippen LogP contribution in [0.4, 0.5) is 21.5 Å². The Balaban J connectivity index is 1.29. The number of rotatable bonds is 5. The van der Waals surface area contributed by atoms with E-state index in [0.29, 0.717) is 0 Å². The molecule has 1 atom stereocenters. The first-order chi connectivity index (χ1) is 26.1. The molecule has 0 amide bonds. The van der Waals surface area contributed by atoms with Crippen LogP contribution in [0, 0.1) is 12.7 Å². The van der Waals surface area contributed by atoms with Crippen molar-refractivity contribution in [3.8, 4) is 44.9 Å². The highest BCUT2D eigenvalue weighted by Gasteiger charge is 2.47. The van der Waals surface area contributed by atoms with Gasteiger partial charge in [-0.25, -0.2) is 4.39 Å². The molecule has 0 bridgehead atoms. The van der Waals surface area contributed by atoms with Crippen LogP contribution in [0.2, 0.25) is 0 Å². The number of para-hydroxylation sites is 4. The summed E-state index contributed by atoms with van der Waals surface area (Å²) in [7, 11) is 0. The Hall–Kier alpha value is -6.71. The molecule has 0 N–H and O–H groups in total. The molecule has 1 aliphatic heterocycles. The molecule has 252 valence electrons. The summed E-state index contributed by atoms with van der Waals surface area (Å²) in [4.78, 5) is 2.29. The number of anilines is 3. The fraction of sp³-hybridized carbons (Fsp3) is 0.0400. The van der Waals surface area contributed by atoms with E-state index in [9.17, 15) is 0 Å². The smallest absolute Gasteiger partial charge is 0.151 e. The standard InChI is InChI=1S/C50H34FNO/c1-33-13-9-18-37(29-33)50(38-19-11-20-39(51)31-38)43-22-12-21-41(36-17-10-16-35(30-36)34-14-3-2-4-15-34)49(43)42-28-27-40(32-44(42)50)52-45-23-5-7-25-47(45)53-48-26-8-6-24-46(48)52/h2-32H,1H3. The molecule has 0 saturated heterocycles. The second kappa shape index (κ2) is 12.2. The zero-order valence-electron chi connectivity index (χ0n) is 29.1. The molecule has 2 nitrogen and oxygen atoms in total. The highest BCUT2D eigenvalue weighted by Crippen LogP contribution is 2.60. The summed E-state index contributed by atoms with van der Waals surface area (Å²) in [6.45, 7) is 2.13. The maximum absolute atomic E-state index is 15.6. The Morgan fingerprint density at radius 2 is 1.11 bits per heavy atom. The Morgan fingerprint density at radius 3 is 1.87 bits per heavy atom. The van der Waals surface area contributed by atoms with E-state index in [1.807, 2.05) is 48.5 Å². The quantitative estimate of drug-likeness (QED) is 0.179. The average molecular weight is 684 g/mol. The summed E-state index contributed by atoms with van der Waals surface area (Å²) in [5, 5.41) is 0. The van der Waals surface area contributed by atoms with Crippen molar-refractivity contribution in [2.24, 2.45) is 0 Å². The third kappa shape index (κ3) is 4.85. The summed E-state index contributed by atoms with van der Waals surface area (Å²) in [6, 6.07) is 65.0. The molecule has 0 aromatic heterocycles. The number of fused-ring (bicyclic) bond motifs is 5. The molecular formula is C50H34FNO. The summed E-state index contributed by atoms with van der Waals surface area (Å²) in [5.41, 5.74) is 14.4. The van der Waals surface area contributed by atoms with Crippen molar-refractivity contribution in [1.82, 2.24) is 0 Å². The molecule has 53 heavy (non-hydrogen) atoms. The Bertz CT molecular complexity index is 2610. The van der Waals surface area contributed by atoms with Gasteiger partial charge in [0.2, 0.25) is 0 Å². The predicted octanol–water partition coefficient (Wildman–Crippen LogP) is 13.4. The Morgan fingerprint density at radius 1 is 0.472 bits per heavy atom. The maximum atomic E-state index is 15.6. The topological polar surface area (TPSA) is 12.5 Å². The van der Waals surface area contributed by atoms with Crippen LogP contribution in [0.3, 0.4) is 0 Å². The minimum atomic E-state index is -0.812. The molecule has 1 unspecified atom stereocenters.